The molecule has 0 spiro atoms. The van der Waals surface area contributed by atoms with E-state index < -0.39 is 36.0 Å². The first kappa shape index (κ1) is 34.4. The van der Waals surface area contributed by atoms with Crippen LogP contribution >= 0.6 is 15.9 Å². The van der Waals surface area contributed by atoms with E-state index in [2.05, 4.69) is 15.9 Å². The van der Waals surface area contributed by atoms with Crippen molar-refractivity contribution in [1.29, 1.82) is 0 Å². The van der Waals surface area contributed by atoms with Gasteiger partial charge in [-0.25, -0.2) is 9.69 Å². The number of aliphatic hydroxyl groups excluding tert-OH is 1. The van der Waals surface area contributed by atoms with Gasteiger partial charge in [0.2, 0.25) is 5.91 Å². The van der Waals surface area contributed by atoms with Gasteiger partial charge in [-0.15, -0.1) is 0 Å². The third-order valence-corrected chi connectivity index (χ3v) is 8.83. The highest BCUT2D eigenvalue weighted by Gasteiger charge is 2.45. The summed E-state index contributed by atoms with van der Waals surface area (Å²) in [6.45, 7) is 1.66. The number of carbonyl (C=O) groups is 3. The minimum absolute atomic E-state index is 0.0921. The summed E-state index contributed by atoms with van der Waals surface area (Å²) in [5.41, 5.74) is 1.85. The lowest BCUT2D eigenvalue weighted by molar-refractivity contribution is -0.155. The number of nitrogens with zero attached hydrogens (tertiary/aromatic N) is 1. The summed E-state index contributed by atoms with van der Waals surface area (Å²) in [4.78, 5) is 41.0. The van der Waals surface area contributed by atoms with E-state index in [1.165, 1.54) is 18.2 Å². The monoisotopic (exact) mass is 681 g/mol. The van der Waals surface area contributed by atoms with Gasteiger partial charge in [0.1, 0.15) is 18.1 Å². The lowest BCUT2D eigenvalue weighted by Gasteiger charge is -2.29. The highest BCUT2D eigenvalue weighted by molar-refractivity contribution is 9.10. The van der Waals surface area contributed by atoms with E-state index in [1.54, 1.807) is 6.07 Å². The predicted octanol–water partition coefficient (Wildman–Crippen LogP) is 7.75. The van der Waals surface area contributed by atoms with Crippen LogP contribution in [0.2, 0.25) is 0 Å². The van der Waals surface area contributed by atoms with Crippen molar-refractivity contribution < 1.29 is 33.4 Å². The lowest BCUT2D eigenvalue weighted by atomic mass is 9.90. The molecule has 2 heterocycles. The second-order valence-corrected chi connectivity index (χ2v) is 12.5. The number of cyclic esters (lactones) is 1. The second-order valence-electron chi connectivity index (χ2n) is 11.7. The smallest absolute Gasteiger partial charge is 0.416 e. The normalized spacial score (nSPS) is 15.9. The molecule has 0 unspecified atom stereocenters. The number of hydrogen-bond donors (Lipinski definition) is 1. The van der Waals surface area contributed by atoms with Crippen molar-refractivity contribution >= 4 is 33.9 Å². The summed E-state index contributed by atoms with van der Waals surface area (Å²) >= 11 is 3.62. The molecule has 2 amide bonds. The van der Waals surface area contributed by atoms with Crippen LogP contribution in [-0.2, 0) is 38.3 Å². The summed E-state index contributed by atoms with van der Waals surface area (Å²) in [7, 11) is 0. The van der Waals surface area contributed by atoms with Gasteiger partial charge in [0.15, 0.2) is 6.10 Å². The minimum Gasteiger partial charge on any atom is -0.461 e. The second kappa shape index (κ2) is 17.9. The molecular formula is C36H44BrNO7. The van der Waals surface area contributed by atoms with Gasteiger partial charge in [-0.2, -0.15) is 0 Å². The van der Waals surface area contributed by atoms with Gasteiger partial charge in [-0.1, -0.05) is 99.2 Å². The Morgan fingerprint density at radius 3 is 2.16 bits per heavy atom. The minimum atomic E-state index is -1.05. The molecule has 1 fully saturated rings. The molecule has 1 aliphatic rings. The van der Waals surface area contributed by atoms with E-state index in [1.807, 2.05) is 60.7 Å². The van der Waals surface area contributed by atoms with Crippen LogP contribution in [-0.4, -0.2) is 47.2 Å². The van der Waals surface area contributed by atoms with Gasteiger partial charge in [0, 0.05) is 20.0 Å². The van der Waals surface area contributed by atoms with E-state index in [4.69, 9.17) is 19.0 Å². The molecule has 1 N–H and O–H groups in total. The van der Waals surface area contributed by atoms with Crippen LogP contribution in [0.15, 0.2) is 75.6 Å². The first-order valence-corrected chi connectivity index (χ1v) is 16.8. The largest absolute Gasteiger partial charge is 0.461 e. The maximum atomic E-state index is 14.4. The molecule has 2 aromatic carbocycles. The number of unbranched alkanes of at least 4 members (excludes halogenated alkanes) is 7. The summed E-state index contributed by atoms with van der Waals surface area (Å²) in [6.07, 6.45) is 8.19. The van der Waals surface area contributed by atoms with E-state index >= 15 is 0 Å². The Bertz CT molecular complexity index is 1360. The van der Waals surface area contributed by atoms with Crippen molar-refractivity contribution in [3.05, 3.63) is 93.9 Å². The van der Waals surface area contributed by atoms with Crippen LogP contribution < -0.4 is 0 Å². The topological polar surface area (TPSA) is 106 Å². The molecular weight excluding hydrogens is 638 g/mol. The number of ether oxygens (including phenoxy) is 2. The molecule has 4 rings (SSSR count). The predicted molar refractivity (Wildman–Crippen MR) is 174 cm³/mol. The van der Waals surface area contributed by atoms with Crippen LogP contribution in [0.4, 0.5) is 4.79 Å². The summed E-state index contributed by atoms with van der Waals surface area (Å²) < 4.78 is 18.3. The number of hydrogen-bond acceptors (Lipinski definition) is 7. The van der Waals surface area contributed by atoms with Gasteiger partial charge in [0.05, 0.1) is 16.4 Å². The number of benzene rings is 2. The Kier molecular flexibility index (Phi) is 13.7. The van der Waals surface area contributed by atoms with Crippen molar-refractivity contribution in [3.63, 3.8) is 0 Å². The zero-order valence-corrected chi connectivity index (χ0v) is 27.6. The van der Waals surface area contributed by atoms with E-state index in [-0.39, 0.29) is 19.6 Å². The Morgan fingerprint density at radius 2 is 1.53 bits per heavy atom. The van der Waals surface area contributed by atoms with Crippen molar-refractivity contribution in [2.24, 2.45) is 5.92 Å². The summed E-state index contributed by atoms with van der Waals surface area (Å²) in [5.74, 6) is -0.863. The molecule has 1 saturated heterocycles. The average molecular weight is 683 g/mol. The zero-order valence-electron chi connectivity index (χ0n) is 26.0. The Hall–Kier alpha value is -3.43. The third kappa shape index (κ3) is 10.3. The van der Waals surface area contributed by atoms with Crippen molar-refractivity contribution in [2.45, 2.75) is 89.7 Å². The number of aliphatic hydroxyl groups is 1. The molecule has 1 aliphatic heterocycles. The van der Waals surface area contributed by atoms with Gasteiger partial charge in [-0.3, -0.25) is 9.59 Å². The molecule has 0 saturated carbocycles. The average Bonchev–Trinajstić information content (AvgIpc) is 3.59. The van der Waals surface area contributed by atoms with Crippen molar-refractivity contribution in [3.8, 4) is 0 Å². The molecule has 45 heavy (non-hydrogen) atoms. The fourth-order valence-corrected chi connectivity index (χ4v) is 6.35. The van der Waals surface area contributed by atoms with E-state index in [9.17, 15) is 14.4 Å². The summed E-state index contributed by atoms with van der Waals surface area (Å²) in [5, 5.41) is 8.92. The van der Waals surface area contributed by atoms with Gasteiger partial charge < -0.3 is 19.0 Å². The molecule has 0 bridgehead atoms. The molecule has 1 aromatic heterocycles. The highest BCUT2D eigenvalue weighted by Crippen LogP contribution is 2.37. The quantitative estimate of drug-likeness (QED) is 0.108. The number of halogens is 1. The third-order valence-electron chi connectivity index (χ3n) is 8.16. The van der Waals surface area contributed by atoms with Crippen LogP contribution in [0.5, 0.6) is 0 Å². The van der Waals surface area contributed by atoms with E-state index in [0.29, 0.717) is 18.6 Å². The maximum Gasteiger partial charge on any atom is 0.416 e. The molecule has 0 radical (unpaired) electrons. The number of furan rings is 1. The number of amides is 2. The van der Waals surface area contributed by atoms with Crippen LogP contribution in [0.3, 0.4) is 0 Å². The molecule has 3 aromatic rings. The molecule has 8 nitrogen and oxygen atoms in total. The zero-order chi connectivity index (χ0) is 32.0. The molecule has 3 atom stereocenters. The Morgan fingerprint density at radius 1 is 0.933 bits per heavy atom. The Balaban J connectivity index is 1.53. The standard InChI is InChI=1S/C36H44BrNO7/c1-26(40)44-34(33-24-31(37)32(45-33)20-14-6-4-2-3-5-7-15-21-39)30(23-28-18-12-9-13-19-28)35(41)38-29(25-43-36(38)42)22-27-16-10-8-11-17-27/h8-13,16-19,24,29-30,34,39H,2-7,14-15,20-23,25H2,1H3/t29-,30+,34-/m1/s1. The SMILES string of the molecule is CC(=O)O[C@@H](c1cc(Br)c(CCCCCCCCCCO)o1)[C@H](Cc1ccccc1)C(=O)N1C(=O)OC[C@H]1Cc1ccccc1. The highest BCUT2D eigenvalue weighted by atomic mass is 79.9. The fourth-order valence-electron chi connectivity index (χ4n) is 5.85. The van der Waals surface area contributed by atoms with E-state index in [0.717, 1.165) is 66.3 Å². The number of esters is 1. The number of rotatable bonds is 18. The molecule has 242 valence electrons. The number of carbonyl (C=O) groups excluding carboxylic acids is 3. The fraction of sp³-hybridized carbons (Fsp3) is 0.472. The van der Waals surface area contributed by atoms with Crippen molar-refractivity contribution in [1.82, 2.24) is 4.90 Å². The lowest BCUT2D eigenvalue weighted by Crippen LogP contribution is -2.46. The van der Waals surface area contributed by atoms with Crippen LogP contribution in [0.1, 0.15) is 87.0 Å². The number of imide groups is 1. The van der Waals surface area contributed by atoms with Gasteiger partial charge >= 0.3 is 12.1 Å². The van der Waals surface area contributed by atoms with Crippen LogP contribution in [0, 0.1) is 5.92 Å². The first-order valence-electron chi connectivity index (χ1n) is 16.0. The Labute approximate surface area is 274 Å². The van der Waals surface area contributed by atoms with Crippen LogP contribution in [0.25, 0.3) is 0 Å². The first-order chi connectivity index (χ1) is 21.9. The molecule has 9 heteroatoms. The van der Waals surface area contributed by atoms with Crippen molar-refractivity contribution in [2.75, 3.05) is 13.2 Å². The summed E-state index contributed by atoms with van der Waals surface area (Å²) in [6, 6.07) is 20.4. The molecule has 0 aliphatic carbocycles. The number of aryl methyl sites for hydroxylation is 1. The maximum absolute atomic E-state index is 14.4. The van der Waals surface area contributed by atoms with Gasteiger partial charge in [0.25, 0.3) is 0 Å². The van der Waals surface area contributed by atoms with Gasteiger partial charge in [-0.05, 0) is 58.8 Å².